The first-order valence-corrected chi connectivity index (χ1v) is 8.11. The Bertz CT molecular complexity index is 761. The van der Waals surface area contributed by atoms with Crippen LogP contribution in [-0.4, -0.2) is 43.1 Å². The highest BCUT2D eigenvalue weighted by atomic mass is 19.1. The van der Waals surface area contributed by atoms with Crippen LogP contribution in [0.15, 0.2) is 42.5 Å². The van der Waals surface area contributed by atoms with Crippen molar-refractivity contribution in [1.82, 2.24) is 4.90 Å². The number of anilines is 1. The Morgan fingerprint density at radius 1 is 1.16 bits per heavy atom. The number of rotatable bonds is 5. The molecule has 0 radical (unpaired) electrons. The topological polar surface area (TPSA) is 58.8 Å². The predicted octanol–water partition coefficient (Wildman–Crippen LogP) is 3.06. The Hall–Kier alpha value is -2.67. The summed E-state index contributed by atoms with van der Waals surface area (Å²) in [4.78, 5) is 14.9. The number of halogens is 1. The van der Waals surface area contributed by atoms with Crippen LogP contribution in [0, 0.1) is 15.9 Å². The molecule has 1 saturated heterocycles. The first-order chi connectivity index (χ1) is 12.1. The molecule has 2 aromatic carbocycles. The van der Waals surface area contributed by atoms with Crippen LogP contribution in [0.5, 0.6) is 5.75 Å². The average molecular weight is 345 g/mol. The highest BCUT2D eigenvalue weighted by molar-refractivity contribution is 5.49. The quantitative estimate of drug-likeness (QED) is 0.616. The largest absolute Gasteiger partial charge is 0.490 e. The Balaban J connectivity index is 1.64. The minimum Gasteiger partial charge on any atom is -0.490 e. The van der Waals surface area contributed by atoms with Crippen molar-refractivity contribution in [1.29, 1.82) is 0 Å². The van der Waals surface area contributed by atoms with E-state index in [2.05, 4.69) is 4.90 Å². The van der Waals surface area contributed by atoms with Gasteiger partial charge in [-0.05, 0) is 23.8 Å². The number of nitrogens with zero attached hydrogens (tertiary/aromatic N) is 3. The minimum atomic E-state index is -0.432. The van der Waals surface area contributed by atoms with Crippen molar-refractivity contribution in [3.8, 4) is 5.75 Å². The van der Waals surface area contributed by atoms with Gasteiger partial charge in [-0.3, -0.25) is 15.0 Å². The molecule has 1 aliphatic rings. The Kier molecular flexibility index (Phi) is 5.14. The van der Waals surface area contributed by atoms with E-state index in [-0.39, 0.29) is 17.3 Å². The smallest absolute Gasteiger partial charge is 0.311 e. The lowest BCUT2D eigenvalue weighted by atomic mass is 10.1. The number of ether oxygens (including phenoxy) is 1. The molecule has 0 unspecified atom stereocenters. The molecule has 1 aliphatic heterocycles. The van der Waals surface area contributed by atoms with Crippen LogP contribution >= 0.6 is 0 Å². The van der Waals surface area contributed by atoms with Gasteiger partial charge >= 0.3 is 5.69 Å². The third-order valence-corrected chi connectivity index (χ3v) is 4.41. The van der Waals surface area contributed by atoms with Crippen LogP contribution in [0.2, 0.25) is 0 Å². The predicted molar refractivity (Wildman–Crippen MR) is 93.5 cm³/mol. The molecule has 3 rings (SSSR count). The molecule has 0 amide bonds. The molecule has 0 aromatic heterocycles. The molecule has 0 saturated carbocycles. The average Bonchev–Trinajstić information content (AvgIpc) is 2.63. The third kappa shape index (κ3) is 3.88. The van der Waals surface area contributed by atoms with Gasteiger partial charge in [-0.15, -0.1) is 0 Å². The lowest BCUT2D eigenvalue weighted by Crippen LogP contribution is -2.46. The summed E-state index contributed by atoms with van der Waals surface area (Å²) in [5.74, 6) is 0.0554. The first kappa shape index (κ1) is 17.2. The van der Waals surface area contributed by atoms with Crippen LogP contribution in [0.3, 0.4) is 0 Å². The van der Waals surface area contributed by atoms with Gasteiger partial charge in [0.2, 0.25) is 0 Å². The molecule has 0 bridgehead atoms. The van der Waals surface area contributed by atoms with E-state index in [1.54, 1.807) is 24.3 Å². The molecule has 7 heteroatoms. The molecule has 132 valence electrons. The summed E-state index contributed by atoms with van der Waals surface area (Å²) in [6, 6.07) is 11.8. The third-order valence-electron chi connectivity index (χ3n) is 4.41. The molecular weight excluding hydrogens is 325 g/mol. The van der Waals surface area contributed by atoms with E-state index in [9.17, 15) is 14.5 Å². The van der Waals surface area contributed by atoms with Crippen molar-refractivity contribution >= 4 is 11.4 Å². The highest BCUT2D eigenvalue weighted by Crippen LogP contribution is 2.28. The number of piperazine rings is 1. The number of nitro groups is 1. The number of hydrogen-bond acceptors (Lipinski definition) is 5. The van der Waals surface area contributed by atoms with Crippen molar-refractivity contribution in [2.24, 2.45) is 0 Å². The fourth-order valence-electron chi connectivity index (χ4n) is 3.09. The maximum absolute atomic E-state index is 13.9. The lowest BCUT2D eigenvalue weighted by Gasteiger charge is -2.36. The molecular formula is C18H20FN3O3. The minimum absolute atomic E-state index is 0.0232. The first-order valence-electron chi connectivity index (χ1n) is 8.11. The number of para-hydroxylation sites is 1. The van der Waals surface area contributed by atoms with Crippen LogP contribution in [0.1, 0.15) is 5.56 Å². The number of hydrogen-bond donors (Lipinski definition) is 0. The highest BCUT2D eigenvalue weighted by Gasteiger charge is 2.21. The van der Waals surface area contributed by atoms with Gasteiger partial charge in [0.15, 0.2) is 5.75 Å². The molecule has 0 N–H and O–H groups in total. The Morgan fingerprint density at radius 3 is 2.52 bits per heavy atom. The van der Waals surface area contributed by atoms with Crippen molar-refractivity contribution in [2.75, 3.05) is 38.2 Å². The number of methoxy groups -OCH3 is 1. The van der Waals surface area contributed by atoms with Gasteiger partial charge in [0.1, 0.15) is 5.82 Å². The van der Waals surface area contributed by atoms with Gasteiger partial charge in [0, 0.05) is 38.8 Å². The van der Waals surface area contributed by atoms with E-state index in [0.29, 0.717) is 12.2 Å². The standard InChI is InChI=1S/C18H20FN3O3/c1-25-18-7-6-14(12-17(18)22(23)24)13-20-8-10-21(11-9-20)16-5-3-2-4-15(16)19/h2-7,12H,8-11,13H2,1H3. The summed E-state index contributed by atoms with van der Waals surface area (Å²) in [5.41, 5.74) is 1.47. The van der Waals surface area contributed by atoms with Gasteiger partial charge < -0.3 is 9.64 Å². The lowest BCUT2D eigenvalue weighted by molar-refractivity contribution is -0.385. The van der Waals surface area contributed by atoms with Gasteiger partial charge in [-0.25, -0.2) is 4.39 Å². The second-order valence-electron chi connectivity index (χ2n) is 5.98. The molecule has 1 fully saturated rings. The summed E-state index contributed by atoms with van der Waals surface area (Å²) in [6.07, 6.45) is 0. The van der Waals surface area contributed by atoms with Gasteiger partial charge in [-0.2, -0.15) is 0 Å². The van der Waals surface area contributed by atoms with Crippen LogP contribution < -0.4 is 9.64 Å². The molecule has 0 atom stereocenters. The molecule has 0 aliphatic carbocycles. The van der Waals surface area contributed by atoms with Crippen LogP contribution in [-0.2, 0) is 6.54 Å². The van der Waals surface area contributed by atoms with Crippen molar-refractivity contribution in [3.05, 3.63) is 64.0 Å². The number of nitro benzene ring substituents is 1. The summed E-state index contributed by atoms with van der Waals surface area (Å²) in [6.45, 7) is 3.61. The Labute approximate surface area is 145 Å². The maximum atomic E-state index is 13.9. The summed E-state index contributed by atoms with van der Waals surface area (Å²) in [5, 5.41) is 11.1. The Morgan fingerprint density at radius 2 is 1.88 bits per heavy atom. The van der Waals surface area contributed by atoms with E-state index < -0.39 is 4.92 Å². The molecule has 25 heavy (non-hydrogen) atoms. The summed E-state index contributed by atoms with van der Waals surface area (Å²) < 4.78 is 18.9. The molecule has 1 heterocycles. The van der Waals surface area contributed by atoms with E-state index in [1.165, 1.54) is 13.2 Å². The normalized spacial score (nSPS) is 15.2. The van der Waals surface area contributed by atoms with Gasteiger partial charge in [-0.1, -0.05) is 18.2 Å². The zero-order valence-electron chi connectivity index (χ0n) is 14.0. The molecule has 0 spiro atoms. The summed E-state index contributed by atoms with van der Waals surface area (Å²) in [7, 11) is 1.42. The summed E-state index contributed by atoms with van der Waals surface area (Å²) >= 11 is 0. The van der Waals surface area contributed by atoms with E-state index >= 15 is 0 Å². The zero-order valence-corrected chi connectivity index (χ0v) is 14.0. The van der Waals surface area contributed by atoms with E-state index in [4.69, 9.17) is 4.74 Å². The van der Waals surface area contributed by atoms with Gasteiger partial charge in [0.05, 0.1) is 17.7 Å². The monoisotopic (exact) mass is 345 g/mol. The SMILES string of the molecule is COc1ccc(CN2CCN(c3ccccc3F)CC2)cc1[N+](=O)[O-]. The second-order valence-corrected chi connectivity index (χ2v) is 5.98. The number of benzene rings is 2. The van der Waals surface area contributed by atoms with Crippen molar-refractivity contribution < 1.29 is 14.1 Å². The second kappa shape index (κ2) is 7.48. The fraction of sp³-hybridized carbons (Fsp3) is 0.333. The van der Waals surface area contributed by atoms with Crippen molar-refractivity contribution in [3.63, 3.8) is 0 Å². The van der Waals surface area contributed by atoms with E-state index in [1.807, 2.05) is 17.0 Å². The fourth-order valence-corrected chi connectivity index (χ4v) is 3.09. The van der Waals surface area contributed by atoms with Crippen LogP contribution in [0.4, 0.5) is 15.8 Å². The maximum Gasteiger partial charge on any atom is 0.311 e. The molecule has 6 nitrogen and oxygen atoms in total. The van der Waals surface area contributed by atoms with Gasteiger partial charge in [0.25, 0.3) is 0 Å². The van der Waals surface area contributed by atoms with Crippen molar-refractivity contribution in [2.45, 2.75) is 6.54 Å². The van der Waals surface area contributed by atoms with E-state index in [0.717, 1.165) is 31.7 Å². The zero-order chi connectivity index (χ0) is 17.8. The van der Waals surface area contributed by atoms with Crippen LogP contribution in [0.25, 0.3) is 0 Å². The molecule has 2 aromatic rings.